The minimum Gasteiger partial charge on any atom is -0.505 e. The Bertz CT molecular complexity index is 691. The number of pyridine rings is 1. The average molecular weight is 283 g/mol. The molecule has 20 heavy (non-hydrogen) atoms. The normalized spacial score (nSPS) is 14.4. The van der Waals surface area contributed by atoms with Crippen LogP contribution in [0.2, 0.25) is 0 Å². The molecule has 0 spiro atoms. The van der Waals surface area contributed by atoms with E-state index < -0.39 is 11.7 Å². The van der Waals surface area contributed by atoms with E-state index in [4.69, 9.17) is 4.42 Å². The highest BCUT2D eigenvalue weighted by molar-refractivity contribution is 5.71. The first-order chi connectivity index (χ1) is 9.45. The largest absolute Gasteiger partial charge is 0.505 e. The lowest BCUT2D eigenvalue weighted by Crippen LogP contribution is -2.22. The fourth-order valence-electron chi connectivity index (χ4n) is 1.81. The van der Waals surface area contributed by atoms with E-state index in [1.165, 1.54) is 18.5 Å². The van der Waals surface area contributed by atoms with Crippen molar-refractivity contribution in [1.82, 2.24) is 9.97 Å². The third-order valence-corrected chi connectivity index (χ3v) is 2.80. The Balaban J connectivity index is 2.03. The molecule has 0 fully saturated rings. The first kappa shape index (κ1) is 12.5. The van der Waals surface area contributed by atoms with Crippen molar-refractivity contribution < 1.29 is 22.7 Å². The molecular formula is C12H8F3N3O2. The Morgan fingerprint density at radius 3 is 2.85 bits per heavy atom. The molecule has 0 saturated heterocycles. The van der Waals surface area contributed by atoms with E-state index in [2.05, 4.69) is 15.3 Å². The van der Waals surface area contributed by atoms with Crippen LogP contribution in [0.5, 0.6) is 5.75 Å². The van der Waals surface area contributed by atoms with Gasteiger partial charge in [-0.05, 0) is 12.1 Å². The van der Waals surface area contributed by atoms with Gasteiger partial charge in [0, 0.05) is 12.7 Å². The number of nitrogens with zero attached hydrogens (tertiary/aromatic N) is 2. The predicted octanol–water partition coefficient (Wildman–Crippen LogP) is 2.81. The summed E-state index contributed by atoms with van der Waals surface area (Å²) in [7, 11) is 0. The standard InChI is InChI=1S/C12H8F3N3O2/c13-12(14,15)6-3-8-11(17-4-6)20-10(18-8)7-1-2-16-5-9(7)19/h1-3,5,17,19H,4H2. The molecule has 1 aliphatic rings. The van der Waals surface area contributed by atoms with Gasteiger partial charge in [-0.25, -0.2) is 4.98 Å². The number of aromatic nitrogens is 2. The number of halogens is 3. The van der Waals surface area contributed by atoms with Gasteiger partial charge in [0.05, 0.1) is 17.3 Å². The number of aromatic hydroxyl groups is 1. The van der Waals surface area contributed by atoms with Gasteiger partial charge in [-0.3, -0.25) is 4.98 Å². The maximum Gasteiger partial charge on any atom is 0.414 e. The lowest BCUT2D eigenvalue weighted by atomic mass is 10.1. The van der Waals surface area contributed by atoms with E-state index in [1.807, 2.05) is 0 Å². The van der Waals surface area contributed by atoms with E-state index in [1.54, 1.807) is 0 Å². The second-order valence-corrected chi connectivity index (χ2v) is 4.15. The van der Waals surface area contributed by atoms with Crippen LogP contribution in [-0.2, 0) is 0 Å². The van der Waals surface area contributed by atoms with Crippen molar-refractivity contribution in [2.75, 3.05) is 11.9 Å². The van der Waals surface area contributed by atoms with Crippen LogP contribution in [-0.4, -0.2) is 27.8 Å². The molecule has 0 unspecified atom stereocenters. The van der Waals surface area contributed by atoms with E-state index in [0.717, 1.165) is 6.08 Å². The SMILES string of the molecule is Oc1cnccc1-c1nc2c(o1)NCC(C(F)(F)F)=C2. The molecule has 104 valence electrons. The number of rotatable bonds is 1. The lowest BCUT2D eigenvalue weighted by Gasteiger charge is -2.15. The van der Waals surface area contributed by atoms with Crippen molar-refractivity contribution in [2.24, 2.45) is 0 Å². The molecule has 5 nitrogen and oxygen atoms in total. The maximum absolute atomic E-state index is 12.6. The maximum atomic E-state index is 12.6. The van der Waals surface area contributed by atoms with Crippen LogP contribution in [0.15, 0.2) is 28.5 Å². The van der Waals surface area contributed by atoms with E-state index in [-0.39, 0.29) is 35.3 Å². The summed E-state index contributed by atoms with van der Waals surface area (Å²) in [4.78, 5) is 7.65. The van der Waals surface area contributed by atoms with Gasteiger partial charge in [0.2, 0.25) is 11.8 Å². The molecule has 2 aromatic heterocycles. The Kier molecular flexibility index (Phi) is 2.66. The molecule has 2 aromatic rings. The summed E-state index contributed by atoms with van der Waals surface area (Å²) in [6.07, 6.45) is -0.870. The number of oxazole rings is 1. The third-order valence-electron chi connectivity index (χ3n) is 2.80. The van der Waals surface area contributed by atoms with Gasteiger partial charge >= 0.3 is 6.18 Å². The first-order valence-corrected chi connectivity index (χ1v) is 5.61. The van der Waals surface area contributed by atoms with Crippen LogP contribution >= 0.6 is 0 Å². The molecule has 0 aliphatic carbocycles. The summed E-state index contributed by atoms with van der Waals surface area (Å²) in [5, 5.41) is 12.1. The highest BCUT2D eigenvalue weighted by Gasteiger charge is 2.36. The van der Waals surface area contributed by atoms with E-state index >= 15 is 0 Å². The molecule has 1 aliphatic heterocycles. The second kappa shape index (κ2) is 4.26. The zero-order chi connectivity index (χ0) is 14.3. The van der Waals surface area contributed by atoms with Crippen LogP contribution in [0.1, 0.15) is 5.69 Å². The molecule has 0 radical (unpaired) electrons. The van der Waals surface area contributed by atoms with Crippen molar-refractivity contribution in [1.29, 1.82) is 0 Å². The predicted molar refractivity (Wildman–Crippen MR) is 63.9 cm³/mol. The number of alkyl halides is 3. The molecule has 0 saturated carbocycles. The molecule has 2 N–H and O–H groups in total. The quantitative estimate of drug-likeness (QED) is 0.842. The van der Waals surface area contributed by atoms with E-state index in [9.17, 15) is 18.3 Å². The van der Waals surface area contributed by atoms with Gasteiger partial charge in [-0.2, -0.15) is 13.2 Å². The van der Waals surface area contributed by atoms with Crippen molar-refractivity contribution in [3.63, 3.8) is 0 Å². The summed E-state index contributed by atoms with van der Waals surface area (Å²) < 4.78 is 43.2. The molecule has 0 aromatic carbocycles. The number of anilines is 1. The Labute approximate surface area is 110 Å². The number of fused-ring (bicyclic) bond motifs is 1. The number of hydrogen-bond donors (Lipinski definition) is 2. The molecular weight excluding hydrogens is 275 g/mol. The molecule has 8 heteroatoms. The van der Waals surface area contributed by atoms with Crippen molar-refractivity contribution in [3.8, 4) is 17.2 Å². The molecule has 0 amide bonds. The number of hydrogen-bond acceptors (Lipinski definition) is 5. The zero-order valence-electron chi connectivity index (χ0n) is 9.90. The second-order valence-electron chi connectivity index (χ2n) is 4.15. The molecule has 3 heterocycles. The average Bonchev–Trinajstić information content (AvgIpc) is 2.80. The molecule has 3 rings (SSSR count). The summed E-state index contributed by atoms with van der Waals surface area (Å²) in [6, 6.07) is 1.46. The highest BCUT2D eigenvalue weighted by atomic mass is 19.4. The molecule has 0 bridgehead atoms. The van der Waals surface area contributed by atoms with Crippen LogP contribution in [0.25, 0.3) is 17.5 Å². The fourth-order valence-corrected chi connectivity index (χ4v) is 1.81. The van der Waals surface area contributed by atoms with Crippen molar-refractivity contribution >= 4 is 12.0 Å². The van der Waals surface area contributed by atoms with Gasteiger partial charge in [-0.15, -0.1) is 0 Å². The molecule has 0 atom stereocenters. The van der Waals surface area contributed by atoms with Crippen LogP contribution in [0.4, 0.5) is 19.1 Å². The van der Waals surface area contributed by atoms with Crippen molar-refractivity contribution in [2.45, 2.75) is 6.18 Å². The van der Waals surface area contributed by atoms with Gasteiger partial charge in [0.25, 0.3) is 0 Å². The topological polar surface area (TPSA) is 71.2 Å². The van der Waals surface area contributed by atoms with Crippen LogP contribution < -0.4 is 5.32 Å². The third kappa shape index (κ3) is 2.09. The van der Waals surface area contributed by atoms with Gasteiger partial charge in [-0.1, -0.05) is 0 Å². The highest BCUT2D eigenvalue weighted by Crippen LogP contribution is 2.36. The minimum atomic E-state index is -4.41. The van der Waals surface area contributed by atoms with Gasteiger partial charge in [0.1, 0.15) is 11.4 Å². The Morgan fingerprint density at radius 1 is 1.35 bits per heavy atom. The smallest absolute Gasteiger partial charge is 0.414 e. The number of nitrogens with one attached hydrogen (secondary N) is 1. The van der Waals surface area contributed by atoms with Crippen LogP contribution in [0.3, 0.4) is 0 Å². The monoisotopic (exact) mass is 283 g/mol. The van der Waals surface area contributed by atoms with Gasteiger partial charge < -0.3 is 14.8 Å². The van der Waals surface area contributed by atoms with Gasteiger partial charge in [0.15, 0.2) is 0 Å². The van der Waals surface area contributed by atoms with Crippen molar-refractivity contribution in [3.05, 3.63) is 29.7 Å². The minimum absolute atomic E-state index is 0.0297. The summed E-state index contributed by atoms with van der Waals surface area (Å²) >= 11 is 0. The van der Waals surface area contributed by atoms with Crippen LogP contribution in [0, 0.1) is 0 Å². The lowest BCUT2D eigenvalue weighted by molar-refractivity contribution is -0.0909. The first-order valence-electron chi connectivity index (χ1n) is 5.61. The Morgan fingerprint density at radius 2 is 2.15 bits per heavy atom. The fraction of sp³-hybridized carbons (Fsp3) is 0.167. The zero-order valence-corrected chi connectivity index (χ0v) is 9.90. The summed E-state index contributed by atoms with van der Waals surface area (Å²) in [5.74, 6) is 0.0115. The Hall–Kier alpha value is -2.51. The summed E-state index contributed by atoms with van der Waals surface area (Å²) in [5.41, 5.74) is -0.420. The van der Waals surface area contributed by atoms with E-state index in [0.29, 0.717) is 0 Å². The summed E-state index contributed by atoms with van der Waals surface area (Å²) in [6.45, 7) is -0.381.